The number of carbonyl (C=O) groups is 1. The number of benzene rings is 2. The summed E-state index contributed by atoms with van der Waals surface area (Å²) in [5, 5.41) is 0.709. The van der Waals surface area contributed by atoms with Crippen molar-refractivity contribution in [1.82, 2.24) is 4.98 Å². The van der Waals surface area contributed by atoms with E-state index in [4.69, 9.17) is 21.1 Å². The van der Waals surface area contributed by atoms with Gasteiger partial charge in [-0.2, -0.15) is 0 Å². The van der Waals surface area contributed by atoms with Crippen molar-refractivity contribution in [2.75, 3.05) is 7.11 Å². The first-order valence-electron chi connectivity index (χ1n) is 7.18. The molecule has 3 aromatic rings. The van der Waals surface area contributed by atoms with E-state index in [0.717, 1.165) is 15.8 Å². The Morgan fingerprint density at radius 3 is 2.67 bits per heavy atom. The molecule has 6 heteroatoms. The van der Waals surface area contributed by atoms with E-state index in [0.29, 0.717) is 22.9 Å². The van der Waals surface area contributed by atoms with Crippen LogP contribution in [0.15, 0.2) is 53.5 Å². The Bertz CT molecular complexity index is 845. The van der Waals surface area contributed by atoms with Crippen LogP contribution in [-0.2, 0) is 11.3 Å². The normalized spacial score (nSPS) is 10.4. The van der Waals surface area contributed by atoms with Crippen LogP contribution in [-0.4, -0.2) is 32.6 Å². The Balaban J connectivity index is 1.72. The molecule has 0 aliphatic rings. The van der Waals surface area contributed by atoms with Gasteiger partial charge in [0, 0.05) is 0 Å². The first kappa shape index (κ1) is 16.8. The molecule has 0 spiro atoms. The standard InChI is InChI=1S/C18H14ClNO3Se/c1-22-18(21)15-4-2-3-5-16(15)23-10-14-11-24-17(20-14)12-6-8-13(19)9-7-12/h2-9,11H,10H2,1H3. The van der Waals surface area contributed by atoms with Gasteiger partial charge < -0.3 is 0 Å². The maximum atomic E-state index is 11.7. The third-order valence-electron chi connectivity index (χ3n) is 3.31. The molecule has 0 saturated heterocycles. The molecule has 1 heterocycles. The number of rotatable bonds is 5. The summed E-state index contributed by atoms with van der Waals surface area (Å²) >= 11 is 6.07. The molecule has 0 atom stereocenters. The Labute approximate surface area is 150 Å². The van der Waals surface area contributed by atoms with Gasteiger partial charge in [0.05, 0.1) is 0 Å². The number of hydrogen-bond donors (Lipinski definition) is 0. The number of aromatic nitrogens is 1. The monoisotopic (exact) mass is 407 g/mol. The predicted molar refractivity (Wildman–Crippen MR) is 93.7 cm³/mol. The molecule has 0 saturated carbocycles. The molecule has 0 amide bonds. The van der Waals surface area contributed by atoms with Gasteiger partial charge in [0.25, 0.3) is 0 Å². The van der Waals surface area contributed by atoms with Crippen molar-refractivity contribution in [2.24, 2.45) is 0 Å². The van der Waals surface area contributed by atoms with Crippen LogP contribution in [0, 0.1) is 0 Å². The van der Waals surface area contributed by atoms with Crippen LogP contribution in [0.25, 0.3) is 10.1 Å². The number of methoxy groups -OCH3 is 1. The molecule has 2 aromatic carbocycles. The molecule has 0 aliphatic heterocycles. The van der Waals surface area contributed by atoms with E-state index < -0.39 is 5.97 Å². The van der Waals surface area contributed by atoms with Crippen molar-refractivity contribution >= 4 is 32.1 Å². The molecule has 0 bridgehead atoms. The molecule has 24 heavy (non-hydrogen) atoms. The van der Waals surface area contributed by atoms with Gasteiger partial charge in [-0.3, -0.25) is 0 Å². The van der Waals surface area contributed by atoms with Gasteiger partial charge in [0.1, 0.15) is 0 Å². The fraction of sp³-hybridized carbons (Fsp3) is 0.111. The number of esters is 1. The van der Waals surface area contributed by atoms with Crippen LogP contribution < -0.4 is 4.74 Å². The van der Waals surface area contributed by atoms with Gasteiger partial charge in [-0.1, -0.05) is 0 Å². The summed E-state index contributed by atoms with van der Waals surface area (Å²) in [7, 11) is 1.35. The van der Waals surface area contributed by atoms with Gasteiger partial charge in [-0.15, -0.1) is 0 Å². The summed E-state index contributed by atoms with van der Waals surface area (Å²) < 4.78 is 11.6. The fourth-order valence-corrected chi connectivity index (χ4v) is 3.95. The molecule has 0 aliphatic carbocycles. The van der Waals surface area contributed by atoms with E-state index in [1.807, 2.05) is 30.3 Å². The van der Waals surface area contributed by atoms with Crippen molar-refractivity contribution in [3.05, 3.63) is 69.8 Å². The van der Waals surface area contributed by atoms with Crippen molar-refractivity contribution < 1.29 is 14.3 Å². The van der Waals surface area contributed by atoms with Crippen LogP contribution in [0.2, 0.25) is 5.02 Å². The molecule has 122 valence electrons. The molecular formula is C18H14ClNO3Se. The molecule has 0 radical (unpaired) electrons. The third-order valence-corrected chi connectivity index (χ3v) is 5.54. The maximum absolute atomic E-state index is 11.7. The number of halogens is 1. The first-order valence-corrected chi connectivity index (χ1v) is 9.40. The van der Waals surface area contributed by atoms with E-state index in [1.54, 1.807) is 18.2 Å². The molecule has 3 rings (SSSR count). The Morgan fingerprint density at radius 1 is 1.17 bits per heavy atom. The summed E-state index contributed by atoms with van der Waals surface area (Å²) in [5.74, 6) is 0.0773. The Hall–Kier alpha value is -2.07. The SMILES string of the molecule is COC(=O)c1ccccc1OCc1c[se]c(-c2ccc(Cl)cc2)n1. The van der Waals surface area contributed by atoms with Gasteiger partial charge in [-0.25, -0.2) is 0 Å². The summed E-state index contributed by atoms with van der Waals surface area (Å²) in [6, 6.07) is 14.7. The van der Waals surface area contributed by atoms with Crippen LogP contribution in [0.1, 0.15) is 16.1 Å². The average molecular weight is 407 g/mol. The molecule has 4 nitrogen and oxygen atoms in total. The quantitative estimate of drug-likeness (QED) is 0.477. The van der Waals surface area contributed by atoms with Crippen LogP contribution in [0.5, 0.6) is 5.75 Å². The van der Waals surface area contributed by atoms with Gasteiger partial charge in [0.2, 0.25) is 0 Å². The molecule has 0 unspecified atom stereocenters. The Kier molecular flexibility index (Phi) is 5.36. The summed E-state index contributed by atoms with van der Waals surface area (Å²) in [6.07, 6.45) is 0. The summed E-state index contributed by atoms with van der Waals surface area (Å²) in [5.41, 5.74) is 2.34. The number of hydrogen-bond acceptors (Lipinski definition) is 4. The van der Waals surface area contributed by atoms with Crippen molar-refractivity contribution in [2.45, 2.75) is 6.61 Å². The summed E-state index contributed by atoms with van der Waals surface area (Å²) in [6.45, 7) is 0.312. The zero-order valence-electron chi connectivity index (χ0n) is 12.9. The second kappa shape index (κ2) is 7.67. The zero-order chi connectivity index (χ0) is 16.9. The number of para-hydroxylation sites is 1. The number of nitrogens with zero attached hydrogens (tertiary/aromatic N) is 1. The topological polar surface area (TPSA) is 48.4 Å². The van der Waals surface area contributed by atoms with Crippen molar-refractivity contribution in [3.63, 3.8) is 0 Å². The number of ether oxygens (including phenoxy) is 2. The zero-order valence-corrected chi connectivity index (χ0v) is 15.3. The van der Waals surface area contributed by atoms with Crippen molar-refractivity contribution in [3.8, 4) is 15.9 Å². The predicted octanol–water partition coefficient (Wildman–Crippen LogP) is 3.82. The van der Waals surface area contributed by atoms with E-state index >= 15 is 0 Å². The van der Waals surface area contributed by atoms with Crippen LogP contribution in [0.4, 0.5) is 0 Å². The Morgan fingerprint density at radius 2 is 1.92 bits per heavy atom. The summed E-state index contributed by atoms with van der Waals surface area (Å²) in [4.78, 5) is 18.4. The average Bonchev–Trinajstić information content (AvgIpc) is 3.09. The minimum absolute atomic E-state index is 0.161. The third kappa shape index (κ3) is 3.87. The van der Waals surface area contributed by atoms with E-state index in [-0.39, 0.29) is 14.5 Å². The first-order chi connectivity index (χ1) is 11.7. The van der Waals surface area contributed by atoms with Gasteiger partial charge >= 0.3 is 151 Å². The second-order valence-corrected chi connectivity index (χ2v) is 7.16. The molecular weight excluding hydrogens is 393 g/mol. The van der Waals surface area contributed by atoms with E-state index in [2.05, 4.69) is 9.92 Å². The van der Waals surface area contributed by atoms with Gasteiger partial charge in [-0.05, 0) is 0 Å². The van der Waals surface area contributed by atoms with Crippen LogP contribution >= 0.6 is 11.6 Å². The fourth-order valence-electron chi connectivity index (χ4n) is 2.12. The minimum atomic E-state index is -0.416. The van der Waals surface area contributed by atoms with Crippen LogP contribution in [0.3, 0.4) is 0 Å². The second-order valence-electron chi connectivity index (χ2n) is 4.93. The molecule has 0 fully saturated rings. The number of carbonyl (C=O) groups excluding carboxylic acids is 1. The van der Waals surface area contributed by atoms with E-state index in [1.165, 1.54) is 7.11 Å². The van der Waals surface area contributed by atoms with Crippen molar-refractivity contribution in [1.29, 1.82) is 0 Å². The molecule has 0 N–H and O–H groups in total. The van der Waals surface area contributed by atoms with E-state index in [9.17, 15) is 4.79 Å². The van der Waals surface area contributed by atoms with Gasteiger partial charge in [0.15, 0.2) is 0 Å². The molecule has 1 aromatic heterocycles.